The summed E-state index contributed by atoms with van der Waals surface area (Å²) in [5.41, 5.74) is 1.51. The Morgan fingerprint density at radius 3 is 2.36 bits per heavy atom. The van der Waals surface area contributed by atoms with Crippen LogP contribution >= 0.6 is 11.6 Å². The van der Waals surface area contributed by atoms with Crippen LogP contribution in [0.4, 0.5) is 5.69 Å². The Bertz CT molecular complexity index is 793. The molecule has 0 fully saturated rings. The van der Waals surface area contributed by atoms with Crippen molar-refractivity contribution in [1.29, 1.82) is 0 Å². The largest absolute Gasteiger partial charge is 0.355 e. The molecule has 0 radical (unpaired) electrons. The van der Waals surface area contributed by atoms with Crippen molar-refractivity contribution >= 4 is 33.2 Å². The zero-order valence-electron chi connectivity index (χ0n) is 13.9. The molecule has 134 valence electrons. The highest BCUT2D eigenvalue weighted by Crippen LogP contribution is 2.13. The molecule has 0 bridgehead atoms. The molecule has 0 saturated heterocycles. The summed E-state index contributed by atoms with van der Waals surface area (Å²) in [5, 5.41) is 3.32. The van der Waals surface area contributed by atoms with E-state index in [2.05, 4.69) is 10.0 Å². The van der Waals surface area contributed by atoms with E-state index in [-0.39, 0.29) is 24.1 Å². The summed E-state index contributed by atoms with van der Waals surface area (Å²) < 4.78 is 26.5. The molecule has 0 aliphatic carbocycles. The van der Waals surface area contributed by atoms with Crippen LogP contribution in [0.25, 0.3) is 0 Å². The first kappa shape index (κ1) is 19.3. The van der Waals surface area contributed by atoms with E-state index in [1.807, 2.05) is 12.1 Å². The lowest BCUT2D eigenvalue weighted by molar-refractivity contribution is -0.124. The van der Waals surface area contributed by atoms with Crippen molar-refractivity contribution in [3.8, 4) is 0 Å². The third kappa shape index (κ3) is 6.76. The predicted octanol–water partition coefficient (Wildman–Crippen LogP) is 3.08. The van der Waals surface area contributed by atoms with Gasteiger partial charge in [-0.25, -0.2) is 8.42 Å². The molecule has 1 unspecified atom stereocenters. The van der Waals surface area contributed by atoms with Gasteiger partial charge in [-0.05, 0) is 36.2 Å². The molecule has 2 N–H and O–H groups in total. The minimum absolute atomic E-state index is 0.0615. The summed E-state index contributed by atoms with van der Waals surface area (Å²) in [6, 6.07) is 16.0. The molecule has 0 heterocycles. The molecule has 2 aromatic carbocycles. The number of carbonyl (C=O) groups excluding carboxylic acids is 1. The Balaban J connectivity index is 1.78. The maximum atomic E-state index is 12.1. The van der Waals surface area contributed by atoms with Crippen LogP contribution < -0.4 is 10.0 Å². The summed E-state index contributed by atoms with van der Waals surface area (Å²) in [7, 11) is -3.50. The topological polar surface area (TPSA) is 75.3 Å². The number of amides is 1. The van der Waals surface area contributed by atoms with E-state index in [0.717, 1.165) is 5.56 Å². The molecule has 1 amide bonds. The minimum Gasteiger partial charge on any atom is -0.355 e. The first-order chi connectivity index (χ1) is 11.9. The molecule has 2 aromatic rings. The van der Waals surface area contributed by atoms with Gasteiger partial charge >= 0.3 is 0 Å². The van der Waals surface area contributed by atoms with E-state index in [1.54, 1.807) is 49.4 Å². The normalized spacial score (nSPS) is 12.4. The number of hydrogen-bond acceptors (Lipinski definition) is 3. The summed E-state index contributed by atoms with van der Waals surface area (Å²) >= 11 is 5.84. The average molecular weight is 381 g/mol. The average Bonchev–Trinajstić information content (AvgIpc) is 2.57. The van der Waals surface area contributed by atoms with Crippen LogP contribution in [0.3, 0.4) is 0 Å². The summed E-state index contributed by atoms with van der Waals surface area (Å²) in [6.45, 7) is 1.87. The van der Waals surface area contributed by atoms with E-state index in [1.165, 1.54) is 0 Å². The van der Waals surface area contributed by atoms with Gasteiger partial charge in [-0.1, -0.05) is 48.9 Å². The number of rotatable bonds is 8. The zero-order valence-corrected chi connectivity index (χ0v) is 15.5. The van der Waals surface area contributed by atoms with Crippen molar-refractivity contribution in [2.45, 2.75) is 13.3 Å². The molecule has 0 aliphatic heterocycles. The Morgan fingerprint density at radius 2 is 1.72 bits per heavy atom. The number of hydrogen-bond donors (Lipinski definition) is 2. The fraction of sp³-hybridized carbons (Fsp3) is 0.278. The molecule has 0 aromatic heterocycles. The number of anilines is 1. The van der Waals surface area contributed by atoms with Gasteiger partial charge in [-0.3, -0.25) is 9.52 Å². The second kappa shape index (κ2) is 8.87. The van der Waals surface area contributed by atoms with Gasteiger partial charge in [-0.15, -0.1) is 0 Å². The Kier molecular flexibility index (Phi) is 6.84. The van der Waals surface area contributed by atoms with E-state index < -0.39 is 10.0 Å². The summed E-state index contributed by atoms with van der Waals surface area (Å²) in [4.78, 5) is 12.1. The van der Waals surface area contributed by atoms with Crippen molar-refractivity contribution < 1.29 is 13.2 Å². The first-order valence-corrected chi connectivity index (χ1v) is 9.96. The molecular formula is C18H21ClN2O3S. The highest BCUT2D eigenvalue weighted by molar-refractivity contribution is 7.92. The predicted molar refractivity (Wildman–Crippen MR) is 101 cm³/mol. The van der Waals surface area contributed by atoms with Gasteiger partial charge in [0.25, 0.3) is 0 Å². The van der Waals surface area contributed by atoms with E-state index >= 15 is 0 Å². The molecular weight excluding hydrogens is 360 g/mol. The van der Waals surface area contributed by atoms with E-state index in [9.17, 15) is 13.2 Å². The maximum absolute atomic E-state index is 12.1. The van der Waals surface area contributed by atoms with Gasteiger partial charge in [0.05, 0.1) is 5.75 Å². The van der Waals surface area contributed by atoms with Crippen LogP contribution in [0.1, 0.15) is 12.5 Å². The number of halogens is 1. The van der Waals surface area contributed by atoms with Crippen LogP contribution in [0, 0.1) is 5.92 Å². The Hall–Kier alpha value is -2.05. The Labute approximate surface area is 153 Å². The van der Waals surface area contributed by atoms with Crippen molar-refractivity contribution in [3.63, 3.8) is 0 Å². The molecule has 5 nitrogen and oxygen atoms in total. The summed E-state index contributed by atoms with van der Waals surface area (Å²) in [5.74, 6) is -0.614. The second-order valence-corrected chi connectivity index (χ2v) is 8.09. The smallest absolute Gasteiger partial charge is 0.234 e. The van der Waals surface area contributed by atoms with Crippen LogP contribution in [-0.2, 0) is 21.2 Å². The number of para-hydroxylation sites is 1. The zero-order chi connectivity index (χ0) is 18.3. The monoisotopic (exact) mass is 380 g/mol. The number of nitrogens with one attached hydrogen (secondary N) is 2. The minimum atomic E-state index is -3.50. The van der Waals surface area contributed by atoms with Gasteiger partial charge in [0, 0.05) is 23.2 Å². The molecule has 0 saturated carbocycles. The van der Waals surface area contributed by atoms with Gasteiger partial charge in [0.1, 0.15) is 0 Å². The highest BCUT2D eigenvalue weighted by atomic mass is 35.5. The standard InChI is InChI=1S/C18H21ClN2O3S/c1-14(13-15-7-9-16(19)10-8-15)18(22)20-11-12-25(23,24)21-17-5-3-2-4-6-17/h2-10,14,21H,11-13H2,1H3,(H,20,22). The summed E-state index contributed by atoms with van der Waals surface area (Å²) in [6.07, 6.45) is 0.567. The van der Waals surface area contributed by atoms with Gasteiger partial charge in [0.15, 0.2) is 0 Å². The van der Waals surface area contributed by atoms with Crippen molar-refractivity contribution in [2.75, 3.05) is 17.0 Å². The lowest BCUT2D eigenvalue weighted by atomic mass is 10.0. The second-order valence-electron chi connectivity index (χ2n) is 5.81. The number of sulfonamides is 1. The fourth-order valence-corrected chi connectivity index (χ4v) is 3.38. The first-order valence-electron chi connectivity index (χ1n) is 7.93. The molecule has 25 heavy (non-hydrogen) atoms. The van der Waals surface area contributed by atoms with E-state index in [4.69, 9.17) is 11.6 Å². The SMILES string of the molecule is CC(Cc1ccc(Cl)cc1)C(=O)NCCS(=O)(=O)Nc1ccccc1. The molecule has 2 rings (SSSR count). The van der Waals surface area contributed by atoms with Crippen molar-refractivity contribution in [2.24, 2.45) is 5.92 Å². The van der Waals surface area contributed by atoms with Crippen LogP contribution in [0.5, 0.6) is 0 Å². The van der Waals surface area contributed by atoms with Gasteiger partial charge in [-0.2, -0.15) is 0 Å². The lowest BCUT2D eigenvalue weighted by Gasteiger charge is -2.13. The van der Waals surface area contributed by atoms with Gasteiger partial charge < -0.3 is 5.32 Å². The van der Waals surface area contributed by atoms with Crippen molar-refractivity contribution in [1.82, 2.24) is 5.32 Å². The number of benzene rings is 2. The van der Waals surface area contributed by atoms with Crippen molar-refractivity contribution in [3.05, 3.63) is 65.2 Å². The van der Waals surface area contributed by atoms with Crippen LogP contribution in [0.15, 0.2) is 54.6 Å². The fourth-order valence-electron chi connectivity index (χ4n) is 2.29. The Morgan fingerprint density at radius 1 is 1.08 bits per heavy atom. The van der Waals surface area contributed by atoms with Gasteiger partial charge in [0.2, 0.25) is 15.9 Å². The van der Waals surface area contributed by atoms with E-state index in [0.29, 0.717) is 17.1 Å². The molecule has 0 aliphatic rings. The van der Waals surface area contributed by atoms with Crippen LogP contribution in [0.2, 0.25) is 5.02 Å². The highest BCUT2D eigenvalue weighted by Gasteiger charge is 2.15. The lowest BCUT2D eigenvalue weighted by Crippen LogP contribution is -2.35. The third-order valence-corrected chi connectivity index (χ3v) is 5.16. The van der Waals surface area contributed by atoms with Crippen LogP contribution in [-0.4, -0.2) is 26.6 Å². The third-order valence-electron chi connectivity index (χ3n) is 3.62. The quantitative estimate of drug-likeness (QED) is 0.739. The number of carbonyl (C=O) groups is 1. The molecule has 0 spiro atoms. The maximum Gasteiger partial charge on any atom is 0.234 e. The molecule has 1 atom stereocenters. The molecule has 7 heteroatoms.